The number of nitrogens with zero attached hydrogens (tertiary/aromatic N) is 1. The van der Waals surface area contributed by atoms with E-state index in [1.165, 1.54) is 12.1 Å². The van der Waals surface area contributed by atoms with Crippen molar-refractivity contribution in [2.45, 2.75) is 69.0 Å². The van der Waals surface area contributed by atoms with Gasteiger partial charge in [0.25, 0.3) is 5.92 Å². The highest BCUT2D eigenvalue weighted by molar-refractivity contribution is 7.89. The number of rotatable bonds is 5. The highest BCUT2D eigenvalue weighted by atomic mass is 32.2. The molecule has 0 N–H and O–H groups in total. The highest BCUT2D eigenvalue weighted by Crippen LogP contribution is 2.40. The first-order valence-electron chi connectivity index (χ1n) is 9.34. The third kappa shape index (κ3) is 4.28. The van der Waals surface area contributed by atoms with Crippen molar-refractivity contribution in [3.63, 3.8) is 0 Å². The molecule has 0 aromatic heterocycles. The lowest BCUT2D eigenvalue weighted by molar-refractivity contribution is -0.0945. The van der Waals surface area contributed by atoms with Gasteiger partial charge in [0.15, 0.2) is 0 Å². The van der Waals surface area contributed by atoms with Gasteiger partial charge in [-0.25, -0.2) is 17.2 Å². The van der Waals surface area contributed by atoms with Gasteiger partial charge in [-0.2, -0.15) is 4.31 Å². The van der Waals surface area contributed by atoms with Crippen LogP contribution in [-0.2, 0) is 10.0 Å². The summed E-state index contributed by atoms with van der Waals surface area (Å²) in [4.78, 5) is 0.0238. The third-order valence-electron chi connectivity index (χ3n) is 5.58. The van der Waals surface area contributed by atoms with Gasteiger partial charge >= 0.3 is 0 Å². The van der Waals surface area contributed by atoms with Crippen LogP contribution in [0, 0.1) is 11.5 Å². The Morgan fingerprint density at radius 3 is 2.00 bits per heavy atom. The van der Waals surface area contributed by atoms with Gasteiger partial charge in [0.2, 0.25) is 10.0 Å². The van der Waals surface area contributed by atoms with Crippen molar-refractivity contribution in [1.29, 1.82) is 0 Å². The number of hydrogen-bond acceptors (Lipinski definition) is 2. The Bertz CT molecular complexity index is 824. The number of sulfonamides is 1. The van der Waals surface area contributed by atoms with E-state index in [9.17, 15) is 17.2 Å². The Balaban J connectivity index is 2.38. The average Bonchev–Trinajstić information content (AvgIpc) is 2.52. The van der Waals surface area contributed by atoms with Crippen molar-refractivity contribution in [1.82, 2.24) is 4.31 Å². The fourth-order valence-electron chi connectivity index (χ4n) is 4.14. The summed E-state index contributed by atoms with van der Waals surface area (Å²) in [6.07, 6.45) is 0. The highest BCUT2D eigenvalue weighted by Gasteiger charge is 2.49. The minimum absolute atomic E-state index is 0.0238. The maximum atomic E-state index is 13.1. The van der Waals surface area contributed by atoms with Crippen molar-refractivity contribution < 1.29 is 17.2 Å². The van der Waals surface area contributed by atoms with Crippen molar-refractivity contribution >= 4 is 18.1 Å². The van der Waals surface area contributed by atoms with E-state index in [1.807, 2.05) is 0 Å². The molecule has 0 aliphatic carbocycles. The molecule has 0 radical (unpaired) electrons. The van der Waals surface area contributed by atoms with Crippen LogP contribution in [0.2, 0.25) is 16.6 Å². The van der Waals surface area contributed by atoms with E-state index < -0.39 is 37.1 Å². The molecule has 1 aliphatic rings. The Kier molecular flexibility index (Phi) is 6.25. The summed E-state index contributed by atoms with van der Waals surface area (Å²) in [6.45, 7) is 11.8. The van der Waals surface area contributed by atoms with E-state index in [4.69, 9.17) is 0 Å². The van der Waals surface area contributed by atoms with Gasteiger partial charge in [0.05, 0.1) is 18.0 Å². The predicted octanol–water partition coefficient (Wildman–Crippen LogP) is 4.90. The minimum Gasteiger partial charge on any atom is -0.207 e. The van der Waals surface area contributed by atoms with Gasteiger partial charge in [-0.05, 0) is 34.8 Å². The summed E-state index contributed by atoms with van der Waals surface area (Å²) in [5.74, 6) is 0.285. The topological polar surface area (TPSA) is 37.4 Å². The Morgan fingerprint density at radius 1 is 1.04 bits per heavy atom. The van der Waals surface area contributed by atoms with Crippen molar-refractivity contribution in [2.24, 2.45) is 0 Å². The average molecular weight is 414 g/mol. The number of benzene rings is 1. The van der Waals surface area contributed by atoms with Crippen molar-refractivity contribution in [3.8, 4) is 11.5 Å². The molecule has 1 heterocycles. The molecule has 150 valence electrons. The zero-order valence-corrected chi connectivity index (χ0v) is 18.7. The summed E-state index contributed by atoms with van der Waals surface area (Å²) in [7, 11) is -5.83. The monoisotopic (exact) mass is 413 g/mol. The second-order valence-electron chi connectivity index (χ2n) is 8.30. The SMILES string of the molecule is CC(C)[Si](C#Cc1cccc(S(=O)(=O)N2CC(F)(F)C2)c1)(C(C)C)C(C)C. The number of hydrogen-bond donors (Lipinski definition) is 0. The van der Waals surface area contributed by atoms with Crippen LogP contribution >= 0.6 is 0 Å². The van der Waals surface area contributed by atoms with E-state index in [0.29, 0.717) is 22.2 Å². The lowest BCUT2D eigenvalue weighted by atomic mass is 10.2. The molecule has 3 nitrogen and oxygen atoms in total. The smallest absolute Gasteiger partial charge is 0.207 e. The molecular formula is C20H29F2NO2SSi. The fraction of sp³-hybridized carbons (Fsp3) is 0.600. The number of halogens is 2. The first kappa shape index (κ1) is 22.1. The maximum absolute atomic E-state index is 13.1. The molecule has 7 heteroatoms. The van der Waals surface area contributed by atoms with Crippen LogP contribution in [-0.4, -0.2) is 39.8 Å². The van der Waals surface area contributed by atoms with E-state index in [0.717, 1.165) is 4.31 Å². The molecular weight excluding hydrogens is 384 g/mol. The van der Waals surface area contributed by atoms with E-state index in [1.54, 1.807) is 12.1 Å². The number of alkyl halides is 2. The van der Waals surface area contributed by atoms with Gasteiger partial charge in [0.1, 0.15) is 8.07 Å². The van der Waals surface area contributed by atoms with Gasteiger partial charge in [-0.15, -0.1) is 5.54 Å². The summed E-state index contributed by atoms with van der Waals surface area (Å²) >= 11 is 0. The molecule has 1 saturated heterocycles. The Labute approximate surface area is 163 Å². The second kappa shape index (κ2) is 7.65. The lowest BCUT2D eigenvalue weighted by Crippen LogP contribution is -2.58. The molecule has 0 saturated carbocycles. The Morgan fingerprint density at radius 2 is 1.56 bits per heavy atom. The molecule has 0 amide bonds. The molecule has 1 aromatic rings. The summed E-state index contributed by atoms with van der Waals surface area (Å²) in [5, 5.41) is 0. The van der Waals surface area contributed by atoms with Crippen molar-refractivity contribution in [3.05, 3.63) is 29.8 Å². The normalized spacial score (nSPS) is 17.7. The molecule has 0 bridgehead atoms. The van der Waals surface area contributed by atoms with Crippen LogP contribution in [0.25, 0.3) is 0 Å². The zero-order chi connectivity index (χ0) is 20.6. The largest absolute Gasteiger partial charge is 0.275 e. The van der Waals surface area contributed by atoms with Gasteiger partial charge < -0.3 is 0 Å². The van der Waals surface area contributed by atoms with Crippen molar-refractivity contribution in [2.75, 3.05) is 13.1 Å². The molecule has 0 atom stereocenters. The molecule has 1 aliphatic heterocycles. The zero-order valence-electron chi connectivity index (χ0n) is 16.9. The van der Waals surface area contributed by atoms with E-state index in [2.05, 4.69) is 53.0 Å². The predicted molar refractivity (Wildman–Crippen MR) is 108 cm³/mol. The first-order valence-corrected chi connectivity index (χ1v) is 13.0. The summed E-state index contributed by atoms with van der Waals surface area (Å²) in [5.41, 5.74) is 5.59. The molecule has 1 aromatic carbocycles. The fourth-order valence-corrected chi connectivity index (χ4v) is 10.9. The molecule has 1 fully saturated rings. The maximum Gasteiger partial charge on any atom is 0.275 e. The van der Waals surface area contributed by atoms with Gasteiger partial charge in [-0.3, -0.25) is 0 Å². The summed E-state index contributed by atoms with van der Waals surface area (Å²) in [6, 6.07) is 6.34. The quantitative estimate of drug-likeness (QED) is 0.509. The van der Waals surface area contributed by atoms with Crippen LogP contribution in [0.15, 0.2) is 29.2 Å². The first-order chi connectivity index (χ1) is 12.3. The van der Waals surface area contributed by atoms with E-state index in [-0.39, 0.29) is 4.90 Å². The van der Waals surface area contributed by atoms with Crippen LogP contribution in [0.5, 0.6) is 0 Å². The summed E-state index contributed by atoms with van der Waals surface area (Å²) < 4.78 is 52.0. The molecule has 0 unspecified atom stereocenters. The molecule has 0 spiro atoms. The third-order valence-corrected chi connectivity index (χ3v) is 13.7. The lowest BCUT2D eigenvalue weighted by Gasteiger charge is -2.38. The van der Waals surface area contributed by atoms with Crippen LogP contribution in [0.3, 0.4) is 0 Å². The Hall–Kier alpha value is -1.23. The second-order valence-corrected chi connectivity index (χ2v) is 15.8. The molecule has 2 rings (SSSR count). The van der Waals surface area contributed by atoms with Gasteiger partial charge in [-0.1, -0.05) is 53.5 Å². The standard InChI is InChI=1S/C20H29F2NO2SSi/c1-15(2)27(16(3)4,17(5)6)11-10-18-8-7-9-19(12-18)26(24,25)23-13-20(21,22)14-23/h7-9,12,15-17H,13-14H2,1-6H3. The van der Waals surface area contributed by atoms with Crippen LogP contribution in [0.4, 0.5) is 8.78 Å². The van der Waals surface area contributed by atoms with Crippen LogP contribution in [0.1, 0.15) is 47.1 Å². The van der Waals surface area contributed by atoms with Crippen LogP contribution < -0.4 is 0 Å². The molecule has 27 heavy (non-hydrogen) atoms. The van der Waals surface area contributed by atoms with E-state index >= 15 is 0 Å². The minimum atomic E-state index is -3.90. The van der Waals surface area contributed by atoms with Gasteiger partial charge in [0, 0.05) is 5.56 Å².